The van der Waals surface area contributed by atoms with Gasteiger partial charge in [0.05, 0.1) is 0 Å². The molecule has 1 N–H and O–H groups in total. The van der Waals surface area contributed by atoms with Gasteiger partial charge in [-0.3, -0.25) is 4.79 Å². The lowest BCUT2D eigenvalue weighted by molar-refractivity contribution is -0.134. The van der Waals surface area contributed by atoms with Gasteiger partial charge in [0.2, 0.25) is 5.91 Å². The van der Waals surface area contributed by atoms with Gasteiger partial charge in [-0.1, -0.05) is 0 Å². The molecule has 3 nitrogen and oxygen atoms in total. The molecular formula is C8H15NO2. The van der Waals surface area contributed by atoms with Gasteiger partial charge in [0, 0.05) is 26.1 Å². The number of carbonyl (C=O) groups excluding carboxylic acids is 1. The second kappa shape index (κ2) is 3.72. The van der Waals surface area contributed by atoms with E-state index in [-0.39, 0.29) is 18.6 Å². The smallest absolute Gasteiger partial charge is 0.222 e. The van der Waals surface area contributed by atoms with E-state index in [1.165, 1.54) is 0 Å². The summed E-state index contributed by atoms with van der Waals surface area (Å²) in [5.41, 5.74) is 0. The van der Waals surface area contributed by atoms with Gasteiger partial charge in [0.15, 0.2) is 0 Å². The van der Waals surface area contributed by atoms with Crippen LogP contribution >= 0.6 is 0 Å². The number of likely N-dealkylation sites (tertiary alicyclic amines) is 1. The number of hydrogen-bond acceptors (Lipinski definition) is 2. The molecule has 1 fully saturated rings. The van der Waals surface area contributed by atoms with Gasteiger partial charge in [-0.15, -0.1) is 0 Å². The monoisotopic (exact) mass is 157 g/mol. The number of aliphatic hydroxyl groups is 1. The Labute approximate surface area is 67.0 Å². The number of aliphatic hydroxyl groups excluding tert-OH is 1. The van der Waals surface area contributed by atoms with E-state index in [9.17, 15) is 4.79 Å². The van der Waals surface area contributed by atoms with Crippen LogP contribution in [-0.4, -0.2) is 35.6 Å². The first-order chi connectivity index (χ1) is 5.25. The summed E-state index contributed by atoms with van der Waals surface area (Å²) in [6.45, 7) is 0.183. The zero-order chi connectivity index (χ0) is 8.27. The van der Waals surface area contributed by atoms with E-state index in [1.807, 2.05) is 7.05 Å². The van der Waals surface area contributed by atoms with Crippen LogP contribution in [0.5, 0.6) is 0 Å². The van der Waals surface area contributed by atoms with Crippen LogP contribution in [-0.2, 0) is 4.79 Å². The summed E-state index contributed by atoms with van der Waals surface area (Å²) in [6.07, 6.45) is 3.43. The molecule has 1 heterocycles. The van der Waals surface area contributed by atoms with Crippen LogP contribution in [0.25, 0.3) is 0 Å². The van der Waals surface area contributed by atoms with Gasteiger partial charge < -0.3 is 10.0 Å². The van der Waals surface area contributed by atoms with E-state index < -0.39 is 0 Å². The number of carbonyl (C=O) groups is 1. The molecular weight excluding hydrogens is 142 g/mol. The lowest BCUT2D eigenvalue weighted by Crippen LogP contribution is -2.40. The van der Waals surface area contributed by atoms with E-state index in [4.69, 9.17) is 5.11 Å². The fraction of sp³-hybridized carbons (Fsp3) is 0.875. The summed E-state index contributed by atoms with van der Waals surface area (Å²) in [6, 6.07) is 0.279. The second-order valence-corrected chi connectivity index (χ2v) is 3.06. The molecule has 0 aliphatic carbocycles. The van der Waals surface area contributed by atoms with Crippen LogP contribution in [0.4, 0.5) is 0 Å². The SMILES string of the molecule is CN1C(=O)CCC[C@H]1CCO. The van der Waals surface area contributed by atoms with Crippen molar-refractivity contribution in [2.75, 3.05) is 13.7 Å². The zero-order valence-corrected chi connectivity index (χ0v) is 6.92. The quantitative estimate of drug-likeness (QED) is 0.629. The molecule has 0 aromatic heterocycles. The molecule has 1 amide bonds. The highest BCUT2D eigenvalue weighted by atomic mass is 16.3. The molecule has 0 bridgehead atoms. The van der Waals surface area contributed by atoms with Gasteiger partial charge in [-0.05, 0) is 19.3 Å². The van der Waals surface area contributed by atoms with E-state index in [0.29, 0.717) is 6.42 Å². The second-order valence-electron chi connectivity index (χ2n) is 3.06. The van der Waals surface area contributed by atoms with Gasteiger partial charge in [-0.25, -0.2) is 0 Å². The van der Waals surface area contributed by atoms with Crippen molar-refractivity contribution in [2.24, 2.45) is 0 Å². The highest BCUT2D eigenvalue weighted by molar-refractivity contribution is 5.76. The number of nitrogens with zero attached hydrogens (tertiary/aromatic N) is 1. The molecule has 11 heavy (non-hydrogen) atoms. The Morgan fingerprint density at radius 3 is 3.09 bits per heavy atom. The first kappa shape index (κ1) is 8.53. The van der Waals surface area contributed by atoms with Crippen LogP contribution in [0, 0.1) is 0 Å². The molecule has 1 aliphatic heterocycles. The molecule has 64 valence electrons. The fourth-order valence-electron chi connectivity index (χ4n) is 1.55. The Morgan fingerprint density at radius 1 is 1.73 bits per heavy atom. The number of hydrogen-bond donors (Lipinski definition) is 1. The molecule has 1 atom stereocenters. The maximum absolute atomic E-state index is 11.1. The Morgan fingerprint density at radius 2 is 2.45 bits per heavy atom. The number of piperidine rings is 1. The van der Waals surface area contributed by atoms with Gasteiger partial charge >= 0.3 is 0 Å². The third-order valence-electron chi connectivity index (χ3n) is 2.33. The van der Waals surface area contributed by atoms with Gasteiger partial charge in [0.25, 0.3) is 0 Å². The van der Waals surface area contributed by atoms with E-state index in [1.54, 1.807) is 4.90 Å². The fourth-order valence-corrected chi connectivity index (χ4v) is 1.55. The topological polar surface area (TPSA) is 40.5 Å². The largest absolute Gasteiger partial charge is 0.396 e. The normalized spacial score (nSPS) is 25.8. The summed E-state index contributed by atoms with van der Waals surface area (Å²) < 4.78 is 0. The minimum atomic E-state index is 0.183. The lowest BCUT2D eigenvalue weighted by Gasteiger charge is -2.31. The van der Waals surface area contributed by atoms with Crippen molar-refractivity contribution < 1.29 is 9.90 Å². The predicted octanol–water partition coefficient (Wildman–Crippen LogP) is 0.380. The van der Waals surface area contributed by atoms with Crippen molar-refractivity contribution in [1.82, 2.24) is 4.90 Å². The van der Waals surface area contributed by atoms with E-state index >= 15 is 0 Å². The summed E-state index contributed by atoms with van der Waals surface area (Å²) in [5, 5.41) is 8.68. The van der Waals surface area contributed by atoms with E-state index in [2.05, 4.69) is 0 Å². The number of amides is 1. The molecule has 0 saturated carbocycles. The zero-order valence-electron chi connectivity index (χ0n) is 6.92. The third-order valence-corrected chi connectivity index (χ3v) is 2.33. The predicted molar refractivity (Wildman–Crippen MR) is 42.1 cm³/mol. The van der Waals surface area contributed by atoms with Crippen LogP contribution < -0.4 is 0 Å². The van der Waals surface area contributed by atoms with Crippen molar-refractivity contribution in [1.29, 1.82) is 0 Å². The third kappa shape index (κ3) is 1.93. The molecule has 0 unspecified atom stereocenters. The minimum Gasteiger partial charge on any atom is -0.396 e. The van der Waals surface area contributed by atoms with Crippen LogP contribution in [0.15, 0.2) is 0 Å². The van der Waals surface area contributed by atoms with Crippen LogP contribution in [0.2, 0.25) is 0 Å². The van der Waals surface area contributed by atoms with Crippen molar-refractivity contribution in [3.8, 4) is 0 Å². The Kier molecular flexibility index (Phi) is 2.88. The van der Waals surface area contributed by atoms with Crippen LogP contribution in [0.3, 0.4) is 0 Å². The van der Waals surface area contributed by atoms with Crippen LogP contribution in [0.1, 0.15) is 25.7 Å². The summed E-state index contributed by atoms with van der Waals surface area (Å²) in [5.74, 6) is 0.217. The average Bonchev–Trinajstić information content (AvgIpc) is 1.99. The molecule has 0 aromatic carbocycles. The molecule has 0 spiro atoms. The summed E-state index contributed by atoms with van der Waals surface area (Å²) in [4.78, 5) is 12.9. The van der Waals surface area contributed by atoms with Crippen molar-refractivity contribution in [2.45, 2.75) is 31.7 Å². The summed E-state index contributed by atoms with van der Waals surface area (Å²) in [7, 11) is 1.82. The standard InChI is InChI=1S/C8H15NO2/c1-9-7(5-6-10)3-2-4-8(9)11/h7,10H,2-6H2,1H3/t7-/m0/s1. The maximum atomic E-state index is 11.1. The molecule has 1 saturated heterocycles. The van der Waals surface area contributed by atoms with Crippen molar-refractivity contribution >= 4 is 5.91 Å². The Balaban J connectivity index is 2.44. The molecule has 1 rings (SSSR count). The minimum absolute atomic E-state index is 0.183. The molecule has 0 radical (unpaired) electrons. The molecule has 3 heteroatoms. The molecule has 1 aliphatic rings. The average molecular weight is 157 g/mol. The molecule has 0 aromatic rings. The van der Waals surface area contributed by atoms with Crippen molar-refractivity contribution in [3.63, 3.8) is 0 Å². The Bertz CT molecular complexity index is 145. The maximum Gasteiger partial charge on any atom is 0.222 e. The summed E-state index contributed by atoms with van der Waals surface area (Å²) >= 11 is 0. The van der Waals surface area contributed by atoms with Crippen molar-refractivity contribution in [3.05, 3.63) is 0 Å². The lowest BCUT2D eigenvalue weighted by atomic mass is 10.0. The first-order valence-electron chi connectivity index (χ1n) is 4.12. The van der Waals surface area contributed by atoms with Gasteiger partial charge in [-0.2, -0.15) is 0 Å². The van der Waals surface area contributed by atoms with E-state index in [0.717, 1.165) is 19.3 Å². The first-order valence-corrected chi connectivity index (χ1v) is 4.12. The Hall–Kier alpha value is -0.570. The highest BCUT2D eigenvalue weighted by Crippen LogP contribution is 2.18. The van der Waals surface area contributed by atoms with Gasteiger partial charge in [0.1, 0.15) is 0 Å². The highest BCUT2D eigenvalue weighted by Gasteiger charge is 2.23. The number of rotatable bonds is 2.